The molecule has 0 aromatic heterocycles. The van der Waals surface area contributed by atoms with Gasteiger partial charge in [-0.25, -0.2) is 0 Å². The van der Waals surface area contributed by atoms with Gasteiger partial charge in [0.2, 0.25) is 18.6 Å². The zero-order chi connectivity index (χ0) is 18.6. The van der Waals surface area contributed by atoms with Gasteiger partial charge in [0.15, 0.2) is 11.5 Å². The van der Waals surface area contributed by atoms with Crippen LogP contribution >= 0.6 is 0 Å². The van der Waals surface area contributed by atoms with E-state index in [1.807, 2.05) is 26.0 Å². The van der Waals surface area contributed by atoms with Gasteiger partial charge in [0, 0.05) is 7.05 Å². The molecule has 3 aliphatic heterocycles. The number of likely N-dealkylation sites (N-methyl/N-ethyl adjacent to an activating group) is 1. The topological polar surface area (TPSA) is 82.9 Å². The minimum atomic E-state index is -0.854. The molecule has 3 aliphatic rings. The summed E-state index contributed by atoms with van der Waals surface area (Å²) in [6, 6.07) is 6.25. The Morgan fingerprint density at radius 2 is 2.00 bits per heavy atom. The standard InChI is InChI=1S/C19H21N3O4/c1-4-12-18(24)22-13(17(23)21(12)3)8-19(2,9-20)16(22)11-5-6-14-15(7-11)26-10-25-14/h5-7,12-13,16H,4,8,10H2,1-3H3. The van der Waals surface area contributed by atoms with Crippen LogP contribution in [0.25, 0.3) is 0 Å². The van der Waals surface area contributed by atoms with Crippen LogP contribution in [-0.4, -0.2) is 47.5 Å². The van der Waals surface area contributed by atoms with E-state index in [-0.39, 0.29) is 18.6 Å². The van der Waals surface area contributed by atoms with E-state index in [0.717, 1.165) is 5.56 Å². The van der Waals surface area contributed by atoms with Crippen molar-refractivity contribution in [3.8, 4) is 17.6 Å². The minimum absolute atomic E-state index is 0.0961. The van der Waals surface area contributed by atoms with E-state index in [2.05, 4.69) is 6.07 Å². The highest BCUT2D eigenvalue weighted by molar-refractivity contribution is 5.98. The molecule has 0 saturated carbocycles. The molecule has 0 spiro atoms. The molecule has 1 aromatic carbocycles. The van der Waals surface area contributed by atoms with Gasteiger partial charge in [-0.2, -0.15) is 5.26 Å². The summed E-state index contributed by atoms with van der Waals surface area (Å²) in [4.78, 5) is 29.2. The summed E-state index contributed by atoms with van der Waals surface area (Å²) < 4.78 is 10.8. The van der Waals surface area contributed by atoms with E-state index in [9.17, 15) is 14.9 Å². The Morgan fingerprint density at radius 1 is 1.27 bits per heavy atom. The maximum Gasteiger partial charge on any atom is 0.246 e. The van der Waals surface area contributed by atoms with Gasteiger partial charge >= 0.3 is 0 Å². The van der Waals surface area contributed by atoms with E-state index < -0.39 is 23.5 Å². The fourth-order valence-electron chi connectivity index (χ4n) is 4.48. The van der Waals surface area contributed by atoms with Crippen molar-refractivity contribution in [1.29, 1.82) is 5.26 Å². The molecule has 7 heteroatoms. The molecule has 4 rings (SSSR count). The zero-order valence-electron chi connectivity index (χ0n) is 15.1. The molecule has 4 atom stereocenters. The molecular weight excluding hydrogens is 334 g/mol. The summed E-state index contributed by atoms with van der Waals surface area (Å²) in [6.45, 7) is 3.87. The lowest BCUT2D eigenvalue weighted by Gasteiger charge is -2.43. The molecule has 136 valence electrons. The third kappa shape index (κ3) is 2.11. The summed E-state index contributed by atoms with van der Waals surface area (Å²) in [5, 5.41) is 9.89. The molecule has 1 aromatic rings. The molecular formula is C19H21N3O4. The van der Waals surface area contributed by atoms with E-state index in [4.69, 9.17) is 9.47 Å². The second kappa shape index (κ2) is 5.63. The van der Waals surface area contributed by atoms with E-state index >= 15 is 0 Å². The first-order valence-electron chi connectivity index (χ1n) is 8.81. The third-order valence-electron chi connectivity index (χ3n) is 5.83. The molecule has 0 bridgehead atoms. The molecule has 2 fully saturated rings. The number of nitriles is 1. The first-order chi connectivity index (χ1) is 12.4. The van der Waals surface area contributed by atoms with Crippen LogP contribution in [0, 0.1) is 16.7 Å². The molecule has 0 N–H and O–H groups in total. The van der Waals surface area contributed by atoms with Gasteiger partial charge in [-0.1, -0.05) is 13.0 Å². The fourth-order valence-corrected chi connectivity index (χ4v) is 4.48. The van der Waals surface area contributed by atoms with Crippen molar-refractivity contribution in [3.63, 3.8) is 0 Å². The van der Waals surface area contributed by atoms with Crippen molar-refractivity contribution in [1.82, 2.24) is 9.80 Å². The maximum atomic E-state index is 13.2. The first-order valence-corrected chi connectivity index (χ1v) is 8.81. The Hall–Kier alpha value is -2.75. The number of rotatable bonds is 2. The molecule has 2 saturated heterocycles. The smallest absolute Gasteiger partial charge is 0.246 e. The number of piperazine rings is 1. The molecule has 26 heavy (non-hydrogen) atoms. The van der Waals surface area contributed by atoms with Gasteiger partial charge in [-0.05, 0) is 37.5 Å². The number of amides is 2. The first kappa shape index (κ1) is 16.7. The van der Waals surface area contributed by atoms with Crippen LogP contribution in [0.1, 0.15) is 38.3 Å². The van der Waals surface area contributed by atoms with Gasteiger partial charge in [0.1, 0.15) is 12.1 Å². The van der Waals surface area contributed by atoms with Gasteiger partial charge in [0.05, 0.1) is 17.5 Å². The molecule has 0 aliphatic carbocycles. The summed E-state index contributed by atoms with van der Waals surface area (Å²) in [6.07, 6.45) is 0.870. The molecule has 2 amide bonds. The Morgan fingerprint density at radius 3 is 2.69 bits per heavy atom. The van der Waals surface area contributed by atoms with Crippen LogP contribution < -0.4 is 9.47 Å². The largest absolute Gasteiger partial charge is 0.454 e. The average molecular weight is 355 g/mol. The molecule has 7 nitrogen and oxygen atoms in total. The van der Waals surface area contributed by atoms with Crippen LogP contribution in [0.3, 0.4) is 0 Å². The van der Waals surface area contributed by atoms with Crippen molar-refractivity contribution < 1.29 is 19.1 Å². The molecule has 3 heterocycles. The van der Waals surface area contributed by atoms with E-state index in [1.54, 1.807) is 18.0 Å². The van der Waals surface area contributed by atoms with E-state index in [0.29, 0.717) is 24.3 Å². The zero-order valence-corrected chi connectivity index (χ0v) is 15.1. The Bertz CT molecular complexity index is 833. The second-order valence-corrected chi connectivity index (χ2v) is 7.38. The number of benzene rings is 1. The minimum Gasteiger partial charge on any atom is -0.454 e. The summed E-state index contributed by atoms with van der Waals surface area (Å²) in [5.41, 5.74) is -0.0611. The average Bonchev–Trinajstić information content (AvgIpc) is 3.22. The number of hydrogen-bond donors (Lipinski definition) is 0. The number of carbonyl (C=O) groups is 2. The predicted octanol–water partition coefficient (Wildman–Crippen LogP) is 1.84. The highest BCUT2D eigenvalue weighted by Gasteiger charge is 2.59. The van der Waals surface area contributed by atoms with Crippen molar-refractivity contribution in [2.75, 3.05) is 13.8 Å². The number of ether oxygens (including phenoxy) is 2. The Kier molecular flexibility index (Phi) is 3.62. The van der Waals surface area contributed by atoms with Crippen LogP contribution in [0.15, 0.2) is 18.2 Å². The third-order valence-corrected chi connectivity index (χ3v) is 5.83. The SMILES string of the molecule is CCC1C(=O)N2C(CC(C)(C#N)C2c2ccc3c(c2)OCO3)C(=O)N1C. The summed E-state index contributed by atoms with van der Waals surface area (Å²) >= 11 is 0. The maximum absolute atomic E-state index is 13.2. The lowest BCUT2D eigenvalue weighted by Crippen LogP contribution is -2.61. The number of hydrogen-bond acceptors (Lipinski definition) is 5. The van der Waals surface area contributed by atoms with Gasteiger partial charge in [0.25, 0.3) is 0 Å². The monoisotopic (exact) mass is 355 g/mol. The van der Waals surface area contributed by atoms with Crippen molar-refractivity contribution in [3.05, 3.63) is 23.8 Å². The second-order valence-electron chi connectivity index (χ2n) is 7.38. The number of fused-ring (bicyclic) bond motifs is 2. The Balaban J connectivity index is 1.82. The highest BCUT2D eigenvalue weighted by atomic mass is 16.7. The van der Waals surface area contributed by atoms with E-state index in [1.165, 1.54) is 4.90 Å². The van der Waals surface area contributed by atoms with Gasteiger partial charge < -0.3 is 19.3 Å². The van der Waals surface area contributed by atoms with Crippen LogP contribution in [-0.2, 0) is 9.59 Å². The Labute approximate surface area is 152 Å². The fraction of sp³-hybridized carbons (Fsp3) is 0.526. The predicted molar refractivity (Wildman–Crippen MR) is 91.1 cm³/mol. The quantitative estimate of drug-likeness (QED) is 0.808. The number of nitrogens with zero attached hydrogens (tertiary/aromatic N) is 3. The summed E-state index contributed by atoms with van der Waals surface area (Å²) in [7, 11) is 1.67. The van der Waals surface area contributed by atoms with Crippen LogP contribution in [0.5, 0.6) is 11.5 Å². The van der Waals surface area contributed by atoms with Crippen LogP contribution in [0.4, 0.5) is 0 Å². The van der Waals surface area contributed by atoms with Gasteiger partial charge in [-0.15, -0.1) is 0 Å². The van der Waals surface area contributed by atoms with Gasteiger partial charge in [-0.3, -0.25) is 9.59 Å². The van der Waals surface area contributed by atoms with Crippen LogP contribution in [0.2, 0.25) is 0 Å². The molecule has 4 unspecified atom stereocenters. The summed E-state index contributed by atoms with van der Waals surface area (Å²) in [5.74, 6) is 1.06. The lowest BCUT2D eigenvalue weighted by molar-refractivity contribution is -0.160. The van der Waals surface area contributed by atoms with Crippen molar-refractivity contribution >= 4 is 11.8 Å². The number of carbonyl (C=O) groups excluding carboxylic acids is 2. The normalized spacial score (nSPS) is 32.6. The van der Waals surface area contributed by atoms with Crippen molar-refractivity contribution in [2.24, 2.45) is 5.41 Å². The lowest BCUT2D eigenvalue weighted by atomic mass is 9.79. The van der Waals surface area contributed by atoms with Crippen molar-refractivity contribution in [2.45, 2.75) is 44.8 Å². The molecule has 0 radical (unpaired) electrons. The highest BCUT2D eigenvalue weighted by Crippen LogP contribution is 2.52.